The summed E-state index contributed by atoms with van der Waals surface area (Å²) in [6.07, 6.45) is 0.140. The van der Waals surface area contributed by atoms with E-state index in [2.05, 4.69) is 5.32 Å². The van der Waals surface area contributed by atoms with Gasteiger partial charge >= 0.3 is 5.97 Å². The van der Waals surface area contributed by atoms with E-state index in [0.717, 1.165) is 0 Å². The van der Waals surface area contributed by atoms with Crippen LogP contribution in [0.25, 0.3) is 0 Å². The lowest BCUT2D eigenvalue weighted by atomic mass is 10.2. The number of nitrogens with one attached hydrogen (secondary N) is 1. The molecule has 0 radical (unpaired) electrons. The molecule has 3 rings (SSSR count). The van der Waals surface area contributed by atoms with Crippen LogP contribution in [0.15, 0.2) is 84.9 Å². The van der Waals surface area contributed by atoms with Crippen molar-refractivity contribution in [1.29, 1.82) is 0 Å². The molecule has 0 aliphatic carbocycles. The summed E-state index contributed by atoms with van der Waals surface area (Å²) in [5.74, 6) is 0.548. The van der Waals surface area contributed by atoms with Gasteiger partial charge in [-0.15, -0.1) is 0 Å². The van der Waals surface area contributed by atoms with Crippen LogP contribution in [-0.2, 0) is 4.79 Å². The standard InChI is InChI=1S/C22H19NO4/c24-21(15-16-26-19-9-5-2-6-10-19)27-20-13-11-18(12-14-20)23-22(25)17-7-3-1-4-8-17/h1-14H,15-16H2,(H,23,25). The summed E-state index contributed by atoms with van der Waals surface area (Å²) >= 11 is 0. The summed E-state index contributed by atoms with van der Waals surface area (Å²) in [5.41, 5.74) is 1.20. The monoisotopic (exact) mass is 361 g/mol. The smallest absolute Gasteiger partial charge is 0.314 e. The molecule has 5 heteroatoms. The molecule has 0 aromatic heterocycles. The van der Waals surface area contributed by atoms with Gasteiger partial charge in [-0.05, 0) is 48.5 Å². The number of ether oxygens (including phenoxy) is 2. The molecular weight excluding hydrogens is 342 g/mol. The van der Waals surface area contributed by atoms with Gasteiger partial charge in [-0.25, -0.2) is 0 Å². The Bertz CT molecular complexity index is 877. The zero-order chi connectivity index (χ0) is 18.9. The summed E-state index contributed by atoms with van der Waals surface area (Å²) in [6, 6.07) is 24.9. The quantitative estimate of drug-likeness (QED) is 0.503. The van der Waals surface area contributed by atoms with E-state index in [1.807, 2.05) is 36.4 Å². The number of amides is 1. The molecule has 0 spiro atoms. The molecule has 3 aromatic rings. The van der Waals surface area contributed by atoms with Gasteiger partial charge in [0.2, 0.25) is 0 Å². The summed E-state index contributed by atoms with van der Waals surface area (Å²) in [7, 11) is 0. The Balaban J connectivity index is 1.45. The molecule has 0 saturated heterocycles. The number of para-hydroxylation sites is 1. The highest BCUT2D eigenvalue weighted by Crippen LogP contribution is 2.17. The molecule has 1 amide bonds. The molecule has 5 nitrogen and oxygen atoms in total. The number of benzene rings is 3. The van der Waals surface area contributed by atoms with Crippen LogP contribution in [0.4, 0.5) is 5.69 Å². The summed E-state index contributed by atoms with van der Waals surface area (Å²) in [4.78, 5) is 24.0. The largest absolute Gasteiger partial charge is 0.493 e. The van der Waals surface area contributed by atoms with Gasteiger partial charge in [0.15, 0.2) is 0 Å². The molecule has 0 saturated carbocycles. The first-order valence-corrected chi connectivity index (χ1v) is 8.56. The third-order valence-electron chi connectivity index (χ3n) is 3.70. The first kappa shape index (κ1) is 18.2. The molecular formula is C22H19NO4. The molecule has 0 unspecified atom stereocenters. The third kappa shape index (κ3) is 5.71. The second kappa shape index (κ2) is 9.20. The number of carbonyl (C=O) groups is 2. The van der Waals surface area contributed by atoms with Gasteiger partial charge in [0, 0.05) is 11.3 Å². The number of carbonyl (C=O) groups excluding carboxylic acids is 2. The zero-order valence-electron chi connectivity index (χ0n) is 14.6. The maximum atomic E-state index is 12.1. The van der Waals surface area contributed by atoms with Gasteiger partial charge in [-0.2, -0.15) is 0 Å². The van der Waals surface area contributed by atoms with E-state index in [0.29, 0.717) is 22.7 Å². The van der Waals surface area contributed by atoms with Crippen molar-refractivity contribution in [2.24, 2.45) is 0 Å². The van der Waals surface area contributed by atoms with E-state index in [-0.39, 0.29) is 24.9 Å². The zero-order valence-corrected chi connectivity index (χ0v) is 14.6. The van der Waals surface area contributed by atoms with E-state index >= 15 is 0 Å². The Morgan fingerprint density at radius 3 is 2.04 bits per heavy atom. The summed E-state index contributed by atoms with van der Waals surface area (Å²) in [5, 5.41) is 2.79. The maximum Gasteiger partial charge on any atom is 0.314 e. The molecule has 0 bridgehead atoms. The minimum absolute atomic E-state index is 0.140. The fraction of sp³-hybridized carbons (Fsp3) is 0.0909. The van der Waals surface area contributed by atoms with Crippen LogP contribution >= 0.6 is 0 Å². The minimum atomic E-state index is -0.382. The number of hydrogen-bond donors (Lipinski definition) is 1. The number of esters is 1. The van der Waals surface area contributed by atoms with Crippen molar-refractivity contribution in [3.63, 3.8) is 0 Å². The Kier molecular flexibility index (Phi) is 6.20. The first-order valence-electron chi connectivity index (χ1n) is 8.56. The number of rotatable bonds is 7. The Labute approximate surface area is 157 Å². The van der Waals surface area contributed by atoms with Gasteiger partial charge in [-0.3, -0.25) is 9.59 Å². The van der Waals surface area contributed by atoms with E-state index < -0.39 is 0 Å². The molecule has 0 atom stereocenters. The second-order valence-corrected chi connectivity index (χ2v) is 5.73. The van der Waals surface area contributed by atoms with Crippen molar-refractivity contribution < 1.29 is 19.1 Å². The van der Waals surface area contributed by atoms with Gasteiger partial charge in [0.25, 0.3) is 5.91 Å². The molecule has 3 aromatic carbocycles. The van der Waals surface area contributed by atoms with Crippen LogP contribution in [0.1, 0.15) is 16.8 Å². The van der Waals surface area contributed by atoms with E-state index in [9.17, 15) is 9.59 Å². The van der Waals surface area contributed by atoms with Crippen molar-refractivity contribution in [2.75, 3.05) is 11.9 Å². The van der Waals surface area contributed by atoms with Crippen LogP contribution in [-0.4, -0.2) is 18.5 Å². The SMILES string of the molecule is O=C(CCOc1ccccc1)Oc1ccc(NC(=O)c2ccccc2)cc1. The van der Waals surface area contributed by atoms with E-state index in [1.54, 1.807) is 48.5 Å². The molecule has 0 fully saturated rings. The predicted octanol–water partition coefficient (Wildman–Crippen LogP) is 4.31. The van der Waals surface area contributed by atoms with Crippen LogP contribution in [0.3, 0.4) is 0 Å². The molecule has 0 aliphatic heterocycles. The summed E-state index contributed by atoms with van der Waals surface area (Å²) in [6.45, 7) is 0.244. The molecule has 27 heavy (non-hydrogen) atoms. The Hall–Kier alpha value is -3.60. The molecule has 1 N–H and O–H groups in total. The fourth-order valence-electron chi connectivity index (χ4n) is 2.35. The fourth-order valence-corrected chi connectivity index (χ4v) is 2.35. The predicted molar refractivity (Wildman–Crippen MR) is 103 cm³/mol. The number of hydrogen-bond acceptors (Lipinski definition) is 4. The molecule has 136 valence electrons. The Morgan fingerprint density at radius 1 is 0.741 bits per heavy atom. The van der Waals surface area contributed by atoms with Crippen molar-refractivity contribution in [3.8, 4) is 11.5 Å². The average Bonchev–Trinajstić information content (AvgIpc) is 2.71. The minimum Gasteiger partial charge on any atom is -0.493 e. The van der Waals surface area contributed by atoms with Crippen molar-refractivity contribution in [3.05, 3.63) is 90.5 Å². The molecule has 0 aliphatic rings. The van der Waals surface area contributed by atoms with Gasteiger partial charge in [0.1, 0.15) is 11.5 Å². The average molecular weight is 361 g/mol. The van der Waals surface area contributed by atoms with Crippen LogP contribution < -0.4 is 14.8 Å². The van der Waals surface area contributed by atoms with Crippen LogP contribution in [0.5, 0.6) is 11.5 Å². The topological polar surface area (TPSA) is 64.6 Å². The lowest BCUT2D eigenvalue weighted by molar-refractivity contribution is -0.134. The number of anilines is 1. The van der Waals surface area contributed by atoms with E-state index in [1.165, 1.54) is 0 Å². The van der Waals surface area contributed by atoms with Gasteiger partial charge in [-0.1, -0.05) is 36.4 Å². The van der Waals surface area contributed by atoms with Crippen molar-refractivity contribution in [1.82, 2.24) is 0 Å². The normalized spacial score (nSPS) is 10.1. The lowest BCUT2D eigenvalue weighted by Gasteiger charge is -2.08. The van der Waals surface area contributed by atoms with Crippen molar-refractivity contribution >= 4 is 17.6 Å². The molecule has 0 heterocycles. The highest BCUT2D eigenvalue weighted by molar-refractivity contribution is 6.04. The van der Waals surface area contributed by atoms with Crippen molar-refractivity contribution in [2.45, 2.75) is 6.42 Å². The highest BCUT2D eigenvalue weighted by Gasteiger charge is 2.08. The highest BCUT2D eigenvalue weighted by atomic mass is 16.5. The van der Waals surface area contributed by atoms with Crippen LogP contribution in [0.2, 0.25) is 0 Å². The third-order valence-corrected chi connectivity index (χ3v) is 3.70. The van der Waals surface area contributed by atoms with E-state index in [4.69, 9.17) is 9.47 Å². The maximum absolute atomic E-state index is 12.1. The van der Waals surface area contributed by atoms with Gasteiger partial charge < -0.3 is 14.8 Å². The summed E-state index contributed by atoms with van der Waals surface area (Å²) < 4.78 is 10.7. The first-order chi connectivity index (χ1) is 13.2. The Morgan fingerprint density at radius 2 is 1.37 bits per heavy atom. The van der Waals surface area contributed by atoms with Crippen LogP contribution in [0, 0.1) is 0 Å². The second-order valence-electron chi connectivity index (χ2n) is 5.73. The lowest BCUT2D eigenvalue weighted by Crippen LogP contribution is -2.13. The van der Waals surface area contributed by atoms with Gasteiger partial charge in [0.05, 0.1) is 13.0 Å².